The molecular formula is C23H25N. The first-order valence-electron chi connectivity index (χ1n) is 8.56. The minimum Gasteiger partial charge on any atom is -0.296 e. The van der Waals surface area contributed by atoms with Gasteiger partial charge in [-0.25, -0.2) is 0 Å². The zero-order chi connectivity index (χ0) is 17.4. The molecule has 0 heterocycles. The quantitative estimate of drug-likeness (QED) is 0.712. The Morgan fingerprint density at radius 1 is 1.00 bits per heavy atom. The zero-order valence-electron chi connectivity index (χ0n) is 15.0. The van der Waals surface area contributed by atoms with Crippen LogP contribution in [0, 0.1) is 17.3 Å². The molecular weight excluding hydrogens is 290 g/mol. The van der Waals surface area contributed by atoms with Crippen molar-refractivity contribution in [1.29, 1.82) is 5.41 Å². The summed E-state index contributed by atoms with van der Waals surface area (Å²) in [6.07, 6.45) is 0.690. The standard InChI is InChI=1S/C23H25N/c1-22(2,3)18-12-10-17(11-13-18)21-15-14-20(24)16-23(21,4)19-8-6-5-7-9-19/h5-13,21,24H,16H2,1-4H3/t21-,23+/m0/s1. The molecule has 0 saturated heterocycles. The lowest BCUT2D eigenvalue weighted by Crippen LogP contribution is -2.34. The number of nitrogens with one attached hydrogen (secondary N) is 1. The van der Waals surface area contributed by atoms with Gasteiger partial charge >= 0.3 is 0 Å². The van der Waals surface area contributed by atoms with Crippen LogP contribution < -0.4 is 0 Å². The highest BCUT2D eigenvalue weighted by molar-refractivity contribution is 6.00. The van der Waals surface area contributed by atoms with Gasteiger partial charge in [0, 0.05) is 11.8 Å². The van der Waals surface area contributed by atoms with E-state index in [4.69, 9.17) is 5.41 Å². The van der Waals surface area contributed by atoms with Crippen LogP contribution in [-0.4, -0.2) is 5.71 Å². The number of benzene rings is 2. The van der Waals surface area contributed by atoms with Crippen LogP contribution in [0.4, 0.5) is 0 Å². The molecule has 0 amide bonds. The average molecular weight is 315 g/mol. The van der Waals surface area contributed by atoms with Crippen molar-refractivity contribution in [2.24, 2.45) is 0 Å². The Balaban J connectivity index is 2.05. The summed E-state index contributed by atoms with van der Waals surface area (Å²) >= 11 is 0. The second kappa shape index (κ2) is 5.95. The van der Waals surface area contributed by atoms with Crippen molar-refractivity contribution < 1.29 is 0 Å². The van der Waals surface area contributed by atoms with Gasteiger partial charge < -0.3 is 0 Å². The molecule has 3 rings (SSSR count). The molecule has 0 fully saturated rings. The number of rotatable bonds is 2. The first-order valence-corrected chi connectivity index (χ1v) is 8.56. The molecule has 0 bridgehead atoms. The Labute approximate surface area is 145 Å². The predicted octanol–water partition coefficient (Wildman–Crippen LogP) is 5.45. The van der Waals surface area contributed by atoms with E-state index in [9.17, 15) is 0 Å². The van der Waals surface area contributed by atoms with E-state index in [1.165, 1.54) is 16.7 Å². The Bertz CT molecular complexity index is 797. The van der Waals surface area contributed by atoms with E-state index in [1.54, 1.807) is 0 Å². The molecule has 122 valence electrons. The maximum absolute atomic E-state index is 8.09. The SMILES string of the molecule is CC(C)(C)c1ccc([C@@H]2C#CC(=N)C[C@]2(C)c2ccccc2)cc1. The first kappa shape index (κ1) is 16.5. The molecule has 2 aromatic carbocycles. The minimum atomic E-state index is -0.160. The van der Waals surface area contributed by atoms with Crippen molar-refractivity contribution in [1.82, 2.24) is 0 Å². The van der Waals surface area contributed by atoms with Crippen LogP contribution in [0.1, 0.15) is 56.7 Å². The highest BCUT2D eigenvalue weighted by Crippen LogP contribution is 2.43. The Kier molecular flexibility index (Phi) is 4.10. The van der Waals surface area contributed by atoms with Gasteiger partial charge in [0.2, 0.25) is 0 Å². The molecule has 2 atom stereocenters. The molecule has 1 aliphatic carbocycles. The van der Waals surface area contributed by atoms with Crippen molar-refractivity contribution in [2.45, 2.75) is 50.9 Å². The molecule has 0 aromatic heterocycles. The van der Waals surface area contributed by atoms with Crippen molar-refractivity contribution in [3.63, 3.8) is 0 Å². The van der Waals surface area contributed by atoms with Crippen LogP contribution in [0.15, 0.2) is 54.6 Å². The fourth-order valence-electron chi connectivity index (χ4n) is 3.55. The van der Waals surface area contributed by atoms with Gasteiger partial charge in [-0.2, -0.15) is 0 Å². The van der Waals surface area contributed by atoms with E-state index in [0.29, 0.717) is 12.1 Å². The maximum atomic E-state index is 8.09. The molecule has 0 aliphatic heterocycles. The fourth-order valence-corrected chi connectivity index (χ4v) is 3.55. The van der Waals surface area contributed by atoms with E-state index >= 15 is 0 Å². The molecule has 1 N–H and O–H groups in total. The Morgan fingerprint density at radius 2 is 1.62 bits per heavy atom. The first-order chi connectivity index (χ1) is 11.3. The summed E-state index contributed by atoms with van der Waals surface area (Å²) in [4.78, 5) is 0. The van der Waals surface area contributed by atoms with Gasteiger partial charge in [0.15, 0.2) is 0 Å². The second-order valence-corrected chi connectivity index (χ2v) is 8.01. The highest BCUT2D eigenvalue weighted by Gasteiger charge is 2.39. The normalized spacial score (nSPS) is 23.5. The summed E-state index contributed by atoms with van der Waals surface area (Å²) in [5, 5.41) is 8.09. The Hall–Kier alpha value is -2.33. The molecule has 1 nitrogen and oxygen atoms in total. The van der Waals surface area contributed by atoms with E-state index in [2.05, 4.69) is 88.1 Å². The summed E-state index contributed by atoms with van der Waals surface area (Å²) in [5.74, 6) is 6.51. The van der Waals surface area contributed by atoms with E-state index in [-0.39, 0.29) is 16.7 Å². The summed E-state index contributed by atoms with van der Waals surface area (Å²) in [6.45, 7) is 8.94. The minimum absolute atomic E-state index is 0.114. The third-order valence-corrected chi connectivity index (χ3v) is 5.09. The van der Waals surface area contributed by atoms with Gasteiger partial charge in [0.1, 0.15) is 0 Å². The molecule has 1 aliphatic rings. The third-order valence-electron chi connectivity index (χ3n) is 5.09. The molecule has 1 heteroatoms. The summed E-state index contributed by atoms with van der Waals surface area (Å²) in [5.41, 5.74) is 4.37. The molecule has 0 unspecified atom stereocenters. The van der Waals surface area contributed by atoms with Crippen LogP contribution in [-0.2, 0) is 10.8 Å². The summed E-state index contributed by atoms with van der Waals surface area (Å²) < 4.78 is 0. The molecule has 2 aromatic rings. The fraction of sp³-hybridized carbons (Fsp3) is 0.348. The van der Waals surface area contributed by atoms with Crippen LogP contribution in [0.3, 0.4) is 0 Å². The monoisotopic (exact) mass is 315 g/mol. The van der Waals surface area contributed by atoms with Crippen LogP contribution in [0.2, 0.25) is 0 Å². The third kappa shape index (κ3) is 3.02. The lowest BCUT2D eigenvalue weighted by atomic mass is 9.64. The van der Waals surface area contributed by atoms with E-state index < -0.39 is 0 Å². The maximum Gasteiger partial charge on any atom is 0.0819 e. The molecule has 0 saturated carbocycles. The van der Waals surface area contributed by atoms with E-state index in [1.807, 2.05) is 6.07 Å². The zero-order valence-corrected chi connectivity index (χ0v) is 15.0. The predicted molar refractivity (Wildman–Crippen MR) is 102 cm³/mol. The van der Waals surface area contributed by atoms with E-state index in [0.717, 1.165) is 0 Å². The van der Waals surface area contributed by atoms with Crippen LogP contribution >= 0.6 is 0 Å². The average Bonchev–Trinajstić information content (AvgIpc) is 2.55. The lowest BCUT2D eigenvalue weighted by molar-refractivity contribution is 0.445. The van der Waals surface area contributed by atoms with Crippen molar-refractivity contribution >= 4 is 5.71 Å². The molecule has 0 radical (unpaired) electrons. The van der Waals surface area contributed by atoms with Gasteiger partial charge in [-0.3, -0.25) is 5.41 Å². The lowest BCUT2D eigenvalue weighted by Gasteiger charge is -2.37. The molecule has 0 spiro atoms. The van der Waals surface area contributed by atoms with Crippen molar-refractivity contribution in [3.05, 3.63) is 71.3 Å². The summed E-state index contributed by atoms with van der Waals surface area (Å²) in [6, 6.07) is 19.4. The largest absolute Gasteiger partial charge is 0.296 e. The van der Waals surface area contributed by atoms with Crippen molar-refractivity contribution in [3.8, 4) is 11.8 Å². The van der Waals surface area contributed by atoms with Crippen molar-refractivity contribution in [2.75, 3.05) is 0 Å². The number of hydrogen-bond donors (Lipinski definition) is 1. The van der Waals surface area contributed by atoms with Crippen LogP contribution in [0.25, 0.3) is 0 Å². The second-order valence-electron chi connectivity index (χ2n) is 8.01. The highest BCUT2D eigenvalue weighted by atomic mass is 14.5. The molecule has 24 heavy (non-hydrogen) atoms. The van der Waals surface area contributed by atoms with Gasteiger partial charge in [-0.15, -0.1) is 0 Å². The van der Waals surface area contributed by atoms with Gasteiger partial charge in [0.05, 0.1) is 11.6 Å². The Morgan fingerprint density at radius 3 is 2.21 bits per heavy atom. The van der Waals surface area contributed by atoms with Gasteiger partial charge in [0.25, 0.3) is 0 Å². The summed E-state index contributed by atoms with van der Waals surface area (Å²) in [7, 11) is 0. The van der Waals surface area contributed by atoms with Gasteiger partial charge in [-0.05, 0) is 22.1 Å². The smallest absolute Gasteiger partial charge is 0.0819 e. The number of hydrogen-bond acceptors (Lipinski definition) is 1. The van der Waals surface area contributed by atoms with Gasteiger partial charge in [-0.1, -0.05) is 94.1 Å². The van der Waals surface area contributed by atoms with Crippen LogP contribution in [0.5, 0.6) is 0 Å². The topological polar surface area (TPSA) is 23.9 Å².